The zero-order valence-electron chi connectivity index (χ0n) is 18.2. The molecule has 0 aromatic heterocycles. The van der Waals surface area contributed by atoms with E-state index in [9.17, 15) is 22.8 Å². The summed E-state index contributed by atoms with van der Waals surface area (Å²) in [6.07, 6.45) is -3.41. The zero-order valence-corrected chi connectivity index (χ0v) is 20.5. The summed E-state index contributed by atoms with van der Waals surface area (Å²) in [5.74, 6) is -0.464. The molecular weight excluding hydrogens is 506 g/mol. The zero-order chi connectivity index (χ0) is 25.6. The Morgan fingerprint density at radius 3 is 2.24 bits per heavy atom. The molecule has 0 saturated heterocycles. The molecule has 6 nitrogen and oxygen atoms in total. The number of carbonyl (C=O) groups is 2. The minimum Gasteiger partial charge on any atom is -0.374 e. The van der Waals surface area contributed by atoms with Crippen molar-refractivity contribution in [2.45, 2.75) is 39.0 Å². The van der Waals surface area contributed by atoms with Crippen LogP contribution in [0.4, 0.5) is 13.2 Å². The van der Waals surface area contributed by atoms with Crippen LogP contribution >= 0.6 is 34.8 Å². The molecule has 12 heteroatoms. The molecule has 33 heavy (non-hydrogen) atoms. The first-order valence-corrected chi connectivity index (χ1v) is 10.6. The van der Waals surface area contributed by atoms with Gasteiger partial charge in [-0.3, -0.25) is 4.79 Å². The van der Waals surface area contributed by atoms with Crippen LogP contribution in [0.5, 0.6) is 0 Å². The first-order valence-electron chi connectivity index (χ1n) is 9.46. The Morgan fingerprint density at radius 2 is 1.76 bits per heavy atom. The lowest BCUT2D eigenvalue weighted by atomic mass is 9.86. The number of hydrogen-bond acceptors (Lipinski definition) is 5. The second-order valence-electron chi connectivity index (χ2n) is 6.90. The van der Waals surface area contributed by atoms with Crippen molar-refractivity contribution in [3.05, 3.63) is 55.6 Å². The molecule has 0 aliphatic carbocycles. The number of aldehydes is 1. The molecule has 182 valence electrons. The van der Waals surface area contributed by atoms with Crippen LogP contribution in [0, 0.1) is 0 Å². The molecule has 1 amide bonds. The number of nitrogens with two attached hydrogens (primary N) is 1. The lowest BCUT2D eigenvalue weighted by molar-refractivity contribution is -0.275. The van der Waals surface area contributed by atoms with Gasteiger partial charge in [-0.1, -0.05) is 46.0 Å². The van der Waals surface area contributed by atoms with Gasteiger partial charge in [0.2, 0.25) is 5.91 Å². The number of allylic oxidation sites excluding steroid dienone is 3. The van der Waals surface area contributed by atoms with Crippen LogP contribution in [-0.2, 0) is 20.0 Å². The fourth-order valence-corrected chi connectivity index (χ4v) is 3.46. The van der Waals surface area contributed by atoms with Gasteiger partial charge < -0.3 is 20.7 Å². The van der Waals surface area contributed by atoms with E-state index >= 15 is 0 Å². The summed E-state index contributed by atoms with van der Waals surface area (Å²) >= 11 is 17.7. The van der Waals surface area contributed by atoms with Crippen molar-refractivity contribution in [1.29, 1.82) is 0 Å². The fraction of sp³-hybridized carbons (Fsp3) is 0.381. The first kappa shape index (κ1) is 29.0. The lowest BCUT2D eigenvalue weighted by Crippen LogP contribution is -2.42. The van der Waals surface area contributed by atoms with Crippen LogP contribution in [0.1, 0.15) is 32.8 Å². The molecule has 0 radical (unpaired) electrons. The van der Waals surface area contributed by atoms with Crippen molar-refractivity contribution in [2.24, 2.45) is 10.9 Å². The molecule has 1 atom stereocenters. The van der Waals surface area contributed by atoms with Crippen molar-refractivity contribution < 1.29 is 27.6 Å². The summed E-state index contributed by atoms with van der Waals surface area (Å²) in [7, 11) is 1.50. The number of carbonyl (C=O) groups excluding carboxylic acids is 2. The number of halogens is 6. The molecule has 1 heterocycles. The van der Waals surface area contributed by atoms with E-state index in [4.69, 9.17) is 39.6 Å². The molecule has 0 bridgehead atoms. The number of oxime groups is 1. The molecule has 1 aromatic carbocycles. The monoisotopic (exact) mass is 527 g/mol. The van der Waals surface area contributed by atoms with E-state index in [1.807, 2.05) is 0 Å². The minimum absolute atomic E-state index is 0.0416. The largest absolute Gasteiger partial charge is 0.435 e. The Balaban J connectivity index is 0.00000265. The molecule has 0 fully saturated rings. The van der Waals surface area contributed by atoms with Gasteiger partial charge in [0.05, 0.1) is 27.3 Å². The Morgan fingerprint density at radius 1 is 1.21 bits per heavy atom. The maximum absolute atomic E-state index is 14.1. The highest BCUT2D eigenvalue weighted by atomic mass is 35.5. The predicted octanol–water partition coefficient (Wildman–Crippen LogP) is 5.35. The molecule has 0 spiro atoms. The first-order chi connectivity index (χ1) is 15.3. The third-order valence-electron chi connectivity index (χ3n) is 4.80. The summed E-state index contributed by atoms with van der Waals surface area (Å²) in [5, 5.41) is 5.70. The Kier molecular flexibility index (Phi) is 10.4. The highest BCUT2D eigenvalue weighted by Gasteiger charge is 2.62. The van der Waals surface area contributed by atoms with E-state index in [-0.39, 0.29) is 32.9 Å². The Hall–Kier alpha value is -2.07. The summed E-state index contributed by atoms with van der Waals surface area (Å²) in [6.45, 7) is 4.55. The number of benzene rings is 1. The normalized spacial score (nSPS) is 19.0. The average Bonchev–Trinajstić information content (AvgIpc) is 3.23. The van der Waals surface area contributed by atoms with Crippen LogP contribution in [0.2, 0.25) is 15.1 Å². The third-order valence-corrected chi connectivity index (χ3v) is 6.00. The van der Waals surface area contributed by atoms with Gasteiger partial charge in [0, 0.05) is 17.6 Å². The average molecular weight is 529 g/mol. The van der Waals surface area contributed by atoms with Gasteiger partial charge in [-0.25, -0.2) is 0 Å². The van der Waals surface area contributed by atoms with Crippen LogP contribution < -0.4 is 11.1 Å². The maximum atomic E-state index is 14.1. The number of nitrogens with zero attached hydrogens (tertiary/aromatic N) is 1. The molecule has 1 aliphatic rings. The van der Waals surface area contributed by atoms with Gasteiger partial charge >= 0.3 is 6.18 Å². The number of amides is 1. The third kappa shape index (κ3) is 6.50. The van der Waals surface area contributed by atoms with Gasteiger partial charge in [0.15, 0.2) is 0 Å². The van der Waals surface area contributed by atoms with Gasteiger partial charge in [0.1, 0.15) is 6.29 Å². The van der Waals surface area contributed by atoms with E-state index in [1.165, 1.54) is 20.0 Å². The Labute approximate surface area is 204 Å². The number of nitrogens with one attached hydrogen (secondary N) is 1. The van der Waals surface area contributed by atoms with Crippen molar-refractivity contribution in [3.8, 4) is 0 Å². The van der Waals surface area contributed by atoms with Crippen LogP contribution in [-0.4, -0.2) is 37.7 Å². The van der Waals surface area contributed by atoms with E-state index in [1.54, 1.807) is 13.8 Å². The molecule has 1 aromatic rings. The van der Waals surface area contributed by atoms with Crippen molar-refractivity contribution in [3.63, 3.8) is 0 Å². The fourth-order valence-electron chi connectivity index (χ4n) is 2.87. The molecule has 1 unspecified atom stereocenters. The van der Waals surface area contributed by atoms with Gasteiger partial charge in [-0.15, -0.1) is 0 Å². The SMILES string of the molecule is CC(=C/C(C)=C(\C)C(=O)NCC=O)C1=NOC(c2cc(Cl)c(Cl)c(Cl)c2)(C(F)(F)F)C1.CN. The van der Waals surface area contributed by atoms with Gasteiger partial charge in [-0.05, 0) is 51.1 Å². The van der Waals surface area contributed by atoms with E-state index < -0.39 is 24.1 Å². The van der Waals surface area contributed by atoms with Crippen molar-refractivity contribution in [1.82, 2.24) is 5.32 Å². The Bertz CT molecular complexity index is 984. The number of alkyl halides is 3. The van der Waals surface area contributed by atoms with Crippen molar-refractivity contribution >= 4 is 52.7 Å². The molecule has 0 saturated carbocycles. The maximum Gasteiger partial charge on any atom is 0.435 e. The molecule has 3 N–H and O–H groups in total. The summed E-state index contributed by atoms with van der Waals surface area (Å²) in [6, 6.07) is 2.10. The van der Waals surface area contributed by atoms with Crippen LogP contribution in [0.3, 0.4) is 0 Å². The quantitative estimate of drug-likeness (QED) is 0.225. The molecule has 2 rings (SSSR count). The predicted molar refractivity (Wildman–Crippen MR) is 124 cm³/mol. The van der Waals surface area contributed by atoms with Crippen LogP contribution in [0.25, 0.3) is 0 Å². The second-order valence-corrected chi connectivity index (χ2v) is 8.09. The lowest BCUT2D eigenvalue weighted by Gasteiger charge is -2.30. The topological polar surface area (TPSA) is 93.8 Å². The smallest absolute Gasteiger partial charge is 0.374 e. The van der Waals surface area contributed by atoms with E-state index in [0.29, 0.717) is 23.0 Å². The van der Waals surface area contributed by atoms with Crippen molar-refractivity contribution in [2.75, 3.05) is 13.6 Å². The summed E-state index contributed by atoms with van der Waals surface area (Å²) in [4.78, 5) is 27.3. The summed E-state index contributed by atoms with van der Waals surface area (Å²) < 4.78 is 42.3. The van der Waals surface area contributed by atoms with E-state index in [2.05, 4.69) is 16.2 Å². The van der Waals surface area contributed by atoms with Gasteiger partial charge in [-0.2, -0.15) is 13.2 Å². The summed E-state index contributed by atoms with van der Waals surface area (Å²) in [5.41, 5.74) is 2.59. The highest BCUT2D eigenvalue weighted by Crippen LogP contribution is 2.50. The van der Waals surface area contributed by atoms with Crippen LogP contribution in [0.15, 0.2) is 40.1 Å². The number of rotatable bonds is 6. The van der Waals surface area contributed by atoms with Gasteiger partial charge in [0.25, 0.3) is 5.60 Å². The second kappa shape index (κ2) is 11.9. The van der Waals surface area contributed by atoms with E-state index in [0.717, 1.165) is 12.1 Å². The minimum atomic E-state index is -4.84. The molecular formula is C21H23Cl3F3N3O3. The molecule has 1 aliphatic heterocycles. The standard InChI is InChI=1S/C20H18Cl3F3N2O3.CH5N/c1-10(12(3)18(30)27-4-5-29)6-11(2)16-9-19(31-28-16,20(24,25)26)13-7-14(21)17(23)15(22)8-13;1-2/h5-8H,4,9H2,1-3H3,(H,27,30);2H2,1H3/b11-6?,12-10+;. The number of hydrogen-bond donors (Lipinski definition) is 2. The highest BCUT2D eigenvalue weighted by molar-refractivity contribution is 6.48.